The van der Waals surface area contributed by atoms with E-state index in [0.29, 0.717) is 11.5 Å². The van der Waals surface area contributed by atoms with Crippen LogP contribution in [0.4, 0.5) is 5.69 Å². The Bertz CT molecular complexity index is 774. The van der Waals surface area contributed by atoms with Crippen LogP contribution in [0.1, 0.15) is 34.0 Å². The zero-order valence-corrected chi connectivity index (χ0v) is 14.7. The van der Waals surface area contributed by atoms with Gasteiger partial charge in [-0.1, -0.05) is 25.8 Å². The number of benzene rings is 1. The fourth-order valence-corrected chi connectivity index (χ4v) is 2.15. The van der Waals surface area contributed by atoms with Crippen LogP contribution in [0.5, 0.6) is 0 Å². The van der Waals surface area contributed by atoms with Gasteiger partial charge in [-0.05, 0) is 18.6 Å². The van der Waals surface area contributed by atoms with Crippen LogP contribution in [-0.2, 0) is 4.79 Å². The summed E-state index contributed by atoms with van der Waals surface area (Å²) in [5.41, 5.74) is -1.04. The Balaban J connectivity index is 0.00000242. The number of hydrogen-bond donors (Lipinski definition) is 3. The summed E-state index contributed by atoms with van der Waals surface area (Å²) in [6.07, 6.45) is 2.69. The molecule has 1 heterocycles. The van der Waals surface area contributed by atoms with Crippen LogP contribution < -0.4 is 45.7 Å². The fraction of sp³-hybridized carbons (Fsp3) is 0.357. The van der Waals surface area contributed by atoms with Crippen LogP contribution in [0.15, 0.2) is 27.8 Å². The van der Waals surface area contributed by atoms with Crippen molar-refractivity contribution in [3.8, 4) is 0 Å². The number of nitrogens with zero attached hydrogens (tertiary/aromatic N) is 1. The third-order valence-electron chi connectivity index (χ3n) is 3.26. The van der Waals surface area contributed by atoms with Gasteiger partial charge in [-0.25, -0.2) is 0 Å². The van der Waals surface area contributed by atoms with Crippen molar-refractivity contribution < 1.29 is 41.0 Å². The summed E-state index contributed by atoms with van der Waals surface area (Å²) >= 11 is 0. The minimum Gasteiger partial charge on any atom is -1.00 e. The first-order valence-electron chi connectivity index (χ1n) is 6.81. The first-order chi connectivity index (χ1) is 10.1. The van der Waals surface area contributed by atoms with Gasteiger partial charge in [-0.15, -0.1) is 0 Å². The molecule has 1 amide bonds. The van der Waals surface area contributed by atoms with Crippen LogP contribution in [0, 0.1) is 0 Å². The molecular weight excluding hydrogens is 297 g/mol. The van der Waals surface area contributed by atoms with Crippen molar-refractivity contribution in [3.05, 3.63) is 38.9 Å². The molecule has 8 heteroatoms. The van der Waals surface area contributed by atoms with Crippen LogP contribution in [-0.4, -0.2) is 21.3 Å². The second-order valence-corrected chi connectivity index (χ2v) is 4.77. The van der Waals surface area contributed by atoms with Crippen LogP contribution in [0.25, 0.3) is 10.8 Å². The molecule has 0 atom stereocenters. The average Bonchev–Trinajstić information content (AvgIpc) is 2.50. The number of hydrogen-bond acceptors (Lipinski definition) is 4. The summed E-state index contributed by atoms with van der Waals surface area (Å²) in [5.74, 6) is -0.504. The summed E-state index contributed by atoms with van der Waals surface area (Å²) in [4.78, 5) is 35.5. The summed E-state index contributed by atoms with van der Waals surface area (Å²) in [6.45, 7) is 2.01. The van der Waals surface area contributed by atoms with Gasteiger partial charge in [-0.3, -0.25) is 29.8 Å². The summed E-state index contributed by atoms with van der Waals surface area (Å²) in [6, 6.07) is 4.39. The van der Waals surface area contributed by atoms with Gasteiger partial charge in [0.1, 0.15) is 0 Å². The smallest absolute Gasteiger partial charge is 1.00 e. The average molecular weight is 315 g/mol. The molecular formula is C14H18N3NaO4. The molecule has 7 nitrogen and oxygen atoms in total. The number of aromatic nitrogens is 2. The maximum absolute atomic E-state index is 11.9. The number of hydroxylamine groups is 1. The second kappa shape index (κ2) is 8.28. The van der Waals surface area contributed by atoms with E-state index in [9.17, 15) is 19.6 Å². The van der Waals surface area contributed by atoms with E-state index in [-0.39, 0.29) is 53.9 Å². The van der Waals surface area contributed by atoms with E-state index >= 15 is 0 Å². The summed E-state index contributed by atoms with van der Waals surface area (Å²) in [7, 11) is 0. The van der Waals surface area contributed by atoms with Gasteiger partial charge in [0.2, 0.25) is 0 Å². The number of anilines is 1. The minimum atomic E-state index is -0.569. The largest absolute Gasteiger partial charge is 1.00 e. The Hall–Kier alpha value is -1.41. The predicted molar refractivity (Wildman–Crippen MR) is 79.7 cm³/mol. The number of carbonyl (C=O) groups excluding carboxylic acids is 1. The fourth-order valence-electron chi connectivity index (χ4n) is 2.15. The van der Waals surface area contributed by atoms with Gasteiger partial charge < -0.3 is 1.43 Å². The first-order valence-corrected chi connectivity index (χ1v) is 6.81. The van der Waals surface area contributed by atoms with E-state index in [1.807, 2.05) is 6.92 Å². The first kappa shape index (κ1) is 18.6. The Morgan fingerprint density at radius 2 is 1.91 bits per heavy atom. The van der Waals surface area contributed by atoms with Crippen molar-refractivity contribution in [1.29, 1.82) is 0 Å². The summed E-state index contributed by atoms with van der Waals surface area (Å²) in [5, 5.41) is 15.0. The van der Waals surface area contributed by atoms with Crippen molar-refractivity contribution in [3.63, 3.8) is 0 Å². The van der Waals surface area contributed by atoms with Gasteiger partial charge in [-0.2, -0.15) is 5.06 Å². The van der Waals surface area contributed by atoms with Crippen LogP contribution in [0.2, 0.25) is 0 Å². The van der Waals surface area contributed by atoms with Crippen LogP contribution >= 0.6 is 0 Å². The number of nitrogens with one attached hydrogen (secondary N) is 2. The molecule has 1 aromatic carbocycles. The van der Waals surface area contributed by atoms with E-state index in [1.165, 1.54) is 18.2 Å². The minimum absolute atomic E-state index is 0. The van der Waals surface area contributed by atoms with Crippen molar-refractivity contribution in [2.24, 2.45) is 0 Å². The predicted octanol–water partition coefficient (Wildman–Crippen LogP) is -1.36. The third-order valence-corrected chi connectivity index (χ3v) is 3.26. The van der Waals surface area contributed by atoms with E-state index in [1.54, 1.807) is 0 Å². The number of fused-ring (bicyclic) bond motifs is 1. The molecule has 22 heavy (non-hydrogen) atoms. The van der Waals surface area contributed by atoms with Crippen LogP contribution in [0.3, 0.4) is 0 Å². The Morgan fingerprint density at radius 3 is 2.59 bits per heavy atom. The van der Waals surface area contributed by atoms with E-state index in [0.717, 1.165) is 12.8 Å². The molecule has 3 N–H and O–H groups in total. The monoisotopic (exact) mass is 315 g/mol. The molecule has 0 unspecified atom stereocenters. The molecule has 0 saturated carbocycles. The molecule has 2 aromatic rings. The maximum Gasteiger partial charge on any atom is 1.00 e. The van der Waals surface area contributed by atoms with Gasteiger partial charge in [0.25, 0.3) is 17.0 Å². The molecule has 0 bridgehead atoms. The zero-order chi connectivity index (χ0) is 15.4. The molecule has 114 valence electrons. The number of unbranched alkanes of at least 4 members (excludes halogenated alkanes) is 2. The molecule has 0 spiro atoms. The molecule has 2 rings (SSSR count). The number of H-pyrrole nitrogens is 2. The maximum atomic E-state index is 11.9. The third kappa shape index (κ3) is 3.86. The topological polar surface area (TPSA) is 106 Å². The molecule has 0 aliphatic rings. The zero-order valence-electron chi connectivity index (χ0n) is 13.7. The number of aromatic amines is 2. The standard InChI is InChI=1S/C14H17N3O4.Na.H/c1-2-3-4-8-11(18)17(21)10-7-5-6-9-12(10)14(20)16-15-13(9)19;;/h5-7,21H,2-4,8H2,1H3,(H,15,19)(H,16,20);;/q;+1;-1. The van der Waals surface area contributed by atoms with Crippen molar-refractivity contribution in [2.45, 2.75) is 32.6 Å². The van der Waals surface area contributed by atoms with Gasteiger partial charge in [0.05, 0.1) is 16.5 Å². The SMILES string of the molecule is CCCCCC(=O)N(O)c1cccc2c(=O)[nH][nH]c(=O)c12.[H-].[Na+]. The molecule has 0 aliphatic heterocycles. The number of carbonyl (C=O) groups is 1. The number of rotatable bonds is 5. The molecule has 0 saturated heterocycles. The molecule has 0 radical (unpaired) electrons. The second-order valence-electron chi connectivity index (χ2n) is 4.77. The Kier molecular flexibility index (Phi) is 7.02. The Morgan fingerprint density at radius 1 is 1.23 bits per heavy atom. The van der Waals surface area contributed by atoms with Crippen molar-refractivity contribution in [1.82, 2.24) is 10.2 Å². The Labute approximate surface area is 150 Å². The quantitative estimate of drug-likeness (QED) is 0.274. The van der Waals surface area contributed by atoms with Crippen molar-refractivity contribution in [2.75, 3.05) is 5.06 Å². The molecule has 0 fully saturated rings. The number of amides is 1. The van der Waals surface area contributed by atoms with Gasteiger partial charge in [0, 0.05) is 6.42 Å². The molecule has 0 aliphatic carbocycles. The normalized spacial score (nSPS) is 10.3. The van der Waals surface area contributed by atoms with Crippen molar-refractivity contribution >= 4 is 22.4 Å². The van der Waals surface area contributed by atoms with Gasteiger partial charge >= 0.3 is 29.6 Å². The summed E-state index contributed by atoms with van der Waals surface area (Å²) < 4.78 is 0. The van der Waals surface area contributed by atoms with E-state index in [4.69, 9.17) is 0 Å². The van der Waals surface area contributed by atoms with E-state index < -0.39 is 17.0 Å². The van der Waals surface area contributed by atoms with Gasteiger partial charge in [0.15, 0.2) is 0 Å². The van der Waals surface area contributed by atoms with E-state index in [2.05, 4.69) is 10.2 Å². The molecule has 1 aromatic heterocycles.